The number of benzene rings is 1. The van der Waals surface area contributed by atoms with Crippen LogP contribution in [0.1, 0.15) is 23.7 Å². The van der Waals surface area contributed by atoms with Gasteiger partial charge < -0.3 is 10.0 Å². The summed E-state index contributed by atoms with van der Waals surface area (Å²) in [5.41, 5.74) is -0.106. The molecule has 19 heavy (non-hydrogen) atoms. The van der Waals surface area contributed by atoms with Crippen LogP contribution in [0.5, 0.6) is 0 Å². The first-order valence-corrected chi connectivity index (χ1v) is 7.18. The molecule has 0 atom stereocenters. The van der Waals surface area contributed by atoms with Gasteiger partial charge in [0.15, 0.2) is 0 Å². The average molecular weight is 276 g/mol. The molecule has 0 unspecified atom stereocenters. The molecular formula is C14H16N2O2S. The van der Waals surface area contributed by atoms with Crippen LogP contribution in [0.3, 0.4) is 0 Å². The summed E-state index contributed by atoms with van der Waals surface area (Å²) in [6.07, 6.45) is 0.654. The fourth-order valence-electron chi connectivity index (χ4n) is 2.08. The van der Waals surface area contributed by atoms with Crippen molar-refractivity contribution in [3.8, 4) is 6.07 Å². The van der Waals surface area contributed by atoms with E-state index < -0.39 is 5.60 Å². The highest BCUT2D eigenvalue weighted by molar-refractivity contribution is 7.99. The van der Waals surface area contributed by atoms with Crippen molar-refractivity contribution in [2.75, 3.05) is 18.8 Å². The van der Waals surface area contributed by atoms with Gasteiger partial charge in [0.2, 0.25) is 0 Å². The SMILES string of the molecule is CCC1(O)CN(C(=O)c2ccccc2SCC#N)C1. The molecule has 0 spiro atoms. The van der Waals surface area contributed by atoms with Crippen LogP contribution < -0.4 is 0 Å². The molecular weight excluding hydrogens is 260 g/mol. The lowest BCUT2D eigenvalue weighted by molar-refractivity contribution is -0.0827. The maximum atomic E-state index is 12.3. The Labute approximate surface area is 117 Å². The number of amides is 1. The number of nitriles is 1. The maximum absolute atomic E-state index is 12.3. The number of thioether (sulfide) groups is 1. The molecule has 4 nitrogen and oxygen atoms in total. The zero-order valence-electron chi connectivity index (χ0n) is 10.8. The molecule has 5 heteroatoms. The predicted octanol–water partition coefficient (Wildman–Crippen LogP) is 1.90. The van der Waals surface area contributed by atoms with E-state index in [4.69, 9.17) is 5.26 Å². The highest BCUT2D eigenvalue weighted by atomic mass is 32.2. The van der Waals surface area contributed by atoms with Gasteiger partial charge in [0.25, 0.3) is 5.91 Å². The van der Waals surface area contributed by atoms with Gasteiger partial charge in [0.1, 0.15) is 0 Å². The van der Waals surface area contributed by atoms with Crippen LogP contribution >= 0.6 is 11.8 Å². The van der Waals surface area contributed by atoms with E-state index in [0.29, 0.717) is 30.8 Å². The van der Waals surface area contributed by atoms with Crippen LogP contribution in [0.25, 0.3) is 0 Å². The fourth-order valence-corrected chi connectivity index (χ4v) is 2.79. The summed E-state index contributed by atoms with van der Waals surface area (Å²) in [7, 11) is 0. The molecule has 0 radical (unpaired) electrons. The second-order valence-corrected chi connectivity index (χ2v) is 5.70. The van der Waals surface area contributed by atoms with Crippen molar-refractivity contribution in [1.82, 2.24) is 4.90 Å². The van der Waals surface area contributed by atoms with E-state index in [-0.39, 0.29) is 5.91 Å². The number of hydrogen-bond acceptors (Lipinski definition) is 4. The highest BCUT2D eigenvalue weighted by Crippen LogP contribution is 2.29. The topological polar surface area (TPSA) is 64.3 Å². The summed E-state index contributed by atoms with van der Waals surface area (Å²) >= 11 is 1.36. The summed E-state index contributed by atoms with van der Waals surface area (Å²) in [4.78, 5) is 14.8. The van der Waals surface area contributed by atoms with Gasteiger partial charge in [-0.3, -0.25) is 4.79 Å². The number of carbonyl (C=O) groups is 1. The molecule has 1 heterocycles. The van der Waals surface area contributed by atoms with E-state index in [2.05, 4.69) is 6.07 Å². The molecule has 1 N–H and O–H groups in total. The van der Waals surface area contributed by atoms with Gasteiger partial charge in [-0.05, 0) is 18.6 Å². The Hall–Kier alpha value is -1.51. The van der Waals surface area contributed by atoms with Gasteiger partial charge in [0.05, 0.1) is 36.1 Å². The number of β-amino-alcohol motifs (C(OH)–C–C–N with tert-alkyl or cyclic N) is 1. The molecule has 2 rings (SSSR count). The van der Waals surface area contributed by atoms with Crippen molar-refractivity contribution in [2.45, 2.75) is 23.8 Å². The zero-order chi connectivity index (χ0) is 13.9. The highest BCUT2D eigenvalue weighted by Gasteiger charge is 2.42. The summed E-state index contributed by atoms with van der Waals surface area (Å²) in [5, 5.41) is 18.6. The van der Waals surface area contributed by atoms with E-state index in [0.717, 1.165) is 4.90 Å². The number of carbonyl (C=O) groups excluding carboxylic acids is 1. The quantitative estimate of drug-likeness (QED) is 0.853. The number of hydrogen-bond donors (Lipinski definition) is 1. The van der Waals surface area contributed by atoms with Crippen LogP contribution in [0.15, 0.2) is 29.2 Å². The molecule has 1 amide bonds. The van der Waals surface area contributed by atoms with Gasteiger partial charge in [-0.15, -0.1) is 11.8 Å². The molecule has 1 fully saturated rings. The molecule has 100 valence electrons. The fraction of sp³-hybridized carbons (Fsp3) is 0.429. The normalized spacial score (nSPS) is 16.6. The predicted molar refractivity (Wildman–Crippen MR) is 73.9 cm³/mol. The van der Waals surface area contributed by atoms with Crippen LogP contribution in [0, 0.1) is 11.3 Å². The largest absolute Gasteiger partial charge is 0.386 e. The van der Waals surface area contributed by atoms with Crippen molar-refractivity contribution in [1.29, 1.82) is 5.26 Å². The van der Waals surface area contributed by atoms with Crippen molar-refractivity contribution in [3.63, 3.8) is 0 Å². The number of rotatable bonds is 4. The monoisotopic (exact) mass is 276 g/mol. The van der Waals surface area contributed by atoms with E-state index >= 15 is 0 Å². The summed E-state index contributed by atoms with van der Waals surface area (Å²) in [6.45, 7) is 2.69. The minimum Gasteiger partial charge on any atom is -0.386 e. The smallest absolute Gasteiger partial charge is 0.255 e. The molecule has 0 saturated carbocycles. The second kappa shape index (κ2) is 5.64. The van der Waals surface area contributed by atoms with Crippen molar-refractivity contribution in [3.05, 3.63) is 29.8 Å². The third-order valence-corrected chi connectivity index (χ3v) is 4.27. The molecule has 0 bridgehead atoms. The van der Waals surface area contributed by atoms with Crippen LogP contribution in [-0.4, -0.2) is 40.4 Å². The minimum absolute atomic E-state index is 0.0702. The summed E-state index contributed by atoms with van der Waals surface area (Å²) < 4.78 is 0. The standard InChI is InChI=1S/C14H16N2O2S/c1-2-14(18)9-16(10-14)13(17)11-5-3-4-6-12(11)19-8-7-15/h3-6,18H,2,8-10H2,1H3. The minimum atomic E-state index is -0.718. The van der Waals surface area contributed by atoms with E-state index in [1.54, 1.807) is 11.0 Å². The van der Waals surface area contributed by atoms with Crippen LogP contribution in [0.4, 0.5) is 0 Å². The molecule has 1 saturated heterocycles. The van der Waals surface area contributed by atoms with Gasteiger partial charge in [-0.1, -0.05) is 19.1 Å². The van der Waals surface area contributed by atoms with Crippen molar-refractivity contribution >= 4 is 17.7 Å². The molecule has 1 aromatic carbocycles. The van der Waals surface area contributed by atoms with Gasteiger partial charge in [-0.2, -0.15) is 5.26 Å². The molecule has 0 aromatic heterocycles. The van der Waals surface area contributed by atoms with Crippen molar-refractivity contribution < 1.29 is 9.90 Å². The lowest BCUT2D eigenvalue weighted by Crippen LogP contribution is -2.63. The Morgan fingerprint density at radius 2 is 2.21 bits per heavy atom. The van der Waals surface area contributed by atoms with Gasteiger partial charge in [0, 0.05) is 4.90 Å². The van der Waals surface area contributed by atoms with Crippen LogP contribution in [0.2, 0.25) is 0 Å². The average Bonchev–Trinajstić information content (AvgIpc) is 2.41. The summed E-state index contributed by atoms with van der Waals surface area (Å²) in [5.74, 6) is 0.252. The second-order valence-electron chi connectivity index (χ2n) is 4.68. The number of likely N-dealkylation sites (tertiary alicyclic amines) is 1. The van der Waals surface area contributed by atoms with Gasteiger partial charge >= 0.3 is 0 Å². The maximum Gasteiger partial charge on any atom is 0.255 e. The Kier molecular flexibility index (Phi) is 4.13. The van der Waals surface area contributed by atoms with E-state index in [1.807, 2.05) is 25.1 Å². The lowest BCUT2D eigenvalue weighted by Gasteiger charge is -2.46. The Bertz CT molecular complexity index is 518. The third-order valence-electron chi connectivity index (χ3n) is 3.33. The summed E-state index contributed by atoms with van der Waals surface area (Å²) in [6, 6.07) is 9.35. The number of nitrogens with zero attached hydrogens (tertiary/aromatic N) is 2. The van der Waals surface area contributed by atoms with Crippen molar-refractivity contribution in [2.24, 2.45) is 0 Å². The third kappa shape index (κ3) is 2.91. The Balaban J connectivity index is 2.10. The zero-order valence-corrected chi connectivity index (χ0v) is 11.6. The molecule has 1 aromatic rings. The first-order valence-electron chi connectivity index (χ1n) is 6.20. The lowest BCUT2D eigenvalue weighted by atomic mass is 9.90. The van der Waals surface area contributed by atoms with E-state index in [1.165, 1.54) is 11.8 Å². The molecule has 1 aliphatic rings. The first kappa shape index (κ1) is 13.9. The first-order chi connectivity index (χ1) is 9.09. The molecule has 1 aliphatic heterocycles. The van der Waals surface area contributed by atoms with Crippen LogP contribution in [-0.2, 0) is 0 Å². The molecule has 0 aliphatic carbocycles. The Morgan fingerprint density at radius 1 is 1.53 bits per heavy atom. The number of aliphatic hydroxyl groups is 1. The van der Waals surface area contributed by atoms with E-state index in [9.17, 15) is 9.90 Å². The van der Waals surface area contributed by atoms with Gasteiger partial charge in [-0.25, -0.2) is 0 Å². The Morgan fingerprint density at radius 3 is 2.84 bits per heavy atom.